The molecule has 1 aliphatic heterocycles. The van der Waals surface area contributed by atoms with Crippen molar-refractivity contribution in [1.82, 2.24) is 4.98 Å². The molecule has 2 N–H and O–H groups in total. The second-order valence-corrected chi connectivity index (χ2v) is 5.77. The van der Waals surface area contributed by atoms with Crippen LogP contribution in [0.3, 0.4) is 0 Å². The third kappa shape index (κ3) is 3.82. The summed E-state index contributed by atoms with van der Waals surface area (Å²) in [4.78, 5) is 16.1. The molecule has 24 heavy (non-hydrogen) atoms. The Hall–Kier alpha value is -2.62. The number of carbonyl (C=O) groups excluding carboxylic acids is 1. The fourth-order valence-electron chi connectivity index (χ4n) is 2.37. The van der Waals surface area contributed by atoms with Crippen LogP contribution in [0.25, 0.3) is 0 Å². The van der Waals surface area contributed by atoms with E-state index in [0.29, 0.717) is 28.7 Å². The van der Waals surface area contributed by atoms with Crippen molar-refractivity contribution in [2.45, 2.75) is 18.9 Å². The van der Waals surface area contributed by atoms with Crippen molar-refractivity contribution in [2.75, 3.05) is 17.2 Å². The third-order valence-electron chi connectivity index (χ3n) is 3.61. The van der Waals surface area contributed by atoms with Crippen molar-refractivity contribution in [2.24, 2.45) is 0 Å². The minimum absolute atomic E-state index is 0.120. The van der Waals surface area contributed by atoms with E-state index in [4.69, 9.17) is 21.6 Å². The molecule has 1 aliphatic rings. The molecule has 0 spiro atoms. The Balaban J connectivity index is 1.64. The van der Waals surface area contributed by atoms with Crippen LogP contribution in [-0.4, -0.2) is 23.6 Å². The highest BCUT2D eigenvalue weighted by molar-refractivity contribution is 6.33. The van der Waals surface area contributed by atoms with Crippen LogP contribution >= 0.6 is 11.6 Å². The van der Waals surface area contributed by atoms with E-state index in [1.807, 2.05) is 6.07 Å². The lowest BCUT2D eigenvalue weighted by Gasteiger charge is -2.11. The standard InChI is InChI=1S/C17H15ClN4O2/c18-14-8-11(9-19)10-20-16(14)21-12-3-5-13(6-4-12)22-17(23)15-2-1-7-24-15/h3-6,8,10,15H,1-2,7H2,(H,20,21)(H,22,23)/t15-/m1/s1. The quantitative estimate of drug-likeness (QED) is 0.888. The maximum absolute atomic E-state index is 12.0. The molecule has 0 saturated carbocycles. The summed E-state index contributed by atoms with van der Waals surface area (Å²) >= 11 is 6.08. The van der Waals surface area contributed by atoms with E-state index in [2.05, 4.69) is 15.6 Å². The normalized spacial score (nSPS) is 16.4. The van der Waals surface area contributed by atoms with Gasteiger partial charge in [0.25, 0.3) is 5.91 Å². The van der Waals surface area contributed by atoms with E-state index in [1.165, 1.54) is 6.20 Å². The van der Waals surface area contributed by atoms with E-state index in [0.717, 1.165) is 18.5 Å². The number of nitrogens with one attached hydrogen (secondary N) is 2. The van der Waals surface area contributed by atoms with Crippen LogP contribution in [0, 0.1) is 11.3 Å². The Labute approximate surface area is 144 Å². The largest absolute Gasteiger partial charge is 0.368 e. The summed E-state index contributed by atoms with van der Waals surface area (Å²) in [6.45, 7) is 0.638. The first kappa shape index (κ1) is 16.2. The fraction of sp³-hybridized carbons (Fsp3) is 0.235. The molecule has 0 aliphatic carbocycles. The lowest BCUT2D eigenvalue weighted by Crippen LogP contribution is -2.26. The number of nitriles is 1. The maximum atomic E-state index is 12.0. The highest BCUT2D eigenvalue weighted by Gasteiger charge is 2.23. The minimum atomic E-state index is -0.357. The molecule has 1 aromatic carbocycles. The molecular weight excluding hydrogens is 328 g/mol. The van der Waals surface area contributed by atoms with Crippen LogP contribution < -0.4 is 10.6 Å². The second kappa shape index (κ2) is 7.30. The van der Waals surface area contributed by atoms with Gasteiger partial charge in [0.05, 0.1) is 10.6 Å². The Bertz CT molecular complexity index is 780. The summed E-state index contributed by atoms with van der Waals surface area (Å²) in [5, 5.41) is 15.1. The van der Waals surface area contributed by atoms with Crippen molar-refractivity contribution in [3.63, 3.8) is 0 Å². The first-order chi connectivity index (χ1) is 11.7. The molecule has 1 aromatic heterocycles. The number of carbonyl (C=O) groups is 1. The SMILES string of the molecule is N#Cc1cnc(Nc2ccc(NC(=O)[C@H]3CCCO3)cc2)c(Cl)c1. The number of halogens is 1. The Morgan fingerprint density at radius 3 is 2.71 bits per heavy atom. The Morgan fingerprint density at radius 1 is 1.33 bits per heavy atom. The van der Waals surface area contributed by atoms with Crippen LogP contribution in [0.5, 0.6) is 0 Å². The number of hydrogen-bond acceptors (Lipinski definition) is 5. The van der Waals surface area contributed by atoms with Crippen LogP contribution in [-0.2, 0) is 9.53 Å². The van der Waals surface area contributed by atoms with E-state index >= 15 is 0 Å². The summed E-state index contributed by atoms with van der Waals surface area (Å²) in [6.07, 6.45) is 2.77. The number of nitrogens with zero attached hydrogens (tertiary/aromatic N) is 2. The van der Waals surface area contributed by atoms with Gasteiger partial charge in [0.1, 0.15) is 18.0 Å². The van der Waals surface area contributed by atoms with Gasteiger partial charge in [0, 0.05) is 24.2 Å². The van der Waals surface area contributed by atoms with Crippen molar-refractivity contribution in [3.8, 4) is 6.07 Å². The molecule has 122 valence electrons. The minimum Gasteiger partial charge on any atom is -0.368 e. The molecule has 1 atom stereocenters. The smallest absolute Gasteiger partial charge is 0.253 e. The molecule has 1 amide bonds. The van der Waals surface area contributed by atoms with Gasteiger partial charge >= 0.3 is 0 Å². The molecule has 0 bridgehead atoms. The zero-order valence-corrected chi connectivity index (χ0v) is 13.5. The summed E-state index contributed by atoms with van der Waals surface area (Å²) in [5.74, 6) is 0.344. The van der Waals surface area contributed by atoms with Crippen molar-refractivity contribution in [1.29, 1.82) is 5.26 Å². The summed E-state index contributed by atoms with van der Waals surface area (Å²) < 4.78 is 5.35. The summed E-state index contributed by atoms with van der Waals surface area (Å²) in [7, 11) is 0. The topological polar surface area (TPSA) is 87.0 Å². The van der Waals surface area contributed by atoms with Crippen LogP contribution in [0.15, 0.2) is 36.5 Å². The van der Waals surface area contributed by atoms with Gasteiger partial charge < -0.3 is 15.4 Å². The molecular formula is C17H15ClN4O2. The highest BCUT2D eigenvalue weighted by atomic mass is 35.5. The molecule has 0 unspecified atom stereocenters. The summed E-state index contributed by atoms with van der Waals surface area (Å²) in [5.41, 5.74) is 1.86. The van der Waals surface area contributed by atoms with Gasteiger partial charge in [0.2, 0.25) is 0 Å². The number of benzene rings is 1. The van der Waals surface area contributed by atoms with Gasteiger partial charge in [-0.05, 0) is 43.2 Å². The van der Waals surface area contributed by atoms with Gasteiger partial charge in [0.15, 0.2) is 0 Å². The lowest BCUT2D eigenvalue weighted by molar-refractivity contribution is -0.124. The molecule has 1 saturated heterocycles. The number of aromatic nitrogens is 1. The summed E-state index contributed by atoms with van der Waals surface area (Å²) in [6, 6.07) is 10.7. The number of ether oxygens (including phenoxy) is 1. The lowest BCUT2D eigenvalue weighted by atomic mass is 10.2. The Kier molecular flexibility index (Phi) is 4.94. The third-order valence-corrected chi connectivity index (χ3v) is 3.90. The predicted molar refractivity (Wildman–Crippen MR) is 91.3 cm³/mol. The van der Waals surface area contributed by atoms with Crippen molar-refractivity contribution in [3.05, 3.63) is 47.1 Å². The first-order valence-electron chi connectivity index (χ1n) is 7.51. The molecule has 2 heterocycles. The van der Waals surface area contributed by atoms with Crippen LogP contribution in [0.1, 0.15) is 18.4 Å². The van der Waals surface area contributed by atoms with Gasteiger partial charge in [-0.15, -0.1) is 0 Å². The Morgan fingerprint density at radius 2 is 2.08 bits per heavy atom. The number of hydrogen-bond donors (Lipinski definition) is 2. The molecule has 1 fully saturated rings. The number of amides is 1. The molecule has 3 rings (SSSR count). The molecule has 0 radical (unpaired) electrons. The number of pyridine rings is 1. The highest BCUT2D eigenvalue weighted by Crippen LogP contribution is 2.25. The van der Waals surface area contributed by atoms with Gasteiger partial charge in [-0.25, -0.2) is 4.98 Å². The van der Waals surface area contributed by atoms with Gasteiger partial charge in [-0.1, -0.05) is 11.6 Å². The average Bonchev–Trinajstić information content (AvgIpc) is 3.13. The predicted octanol–water partition coefficient (Wildman–Crippen LogP) is 3.47. The van der Waals surface area contributed by atoms with E-state index in [-0.39, 0.29) is 12.0 Å². The van der Waals surface area contributed by atoms with Gasteiger partial charge in [-0.3, -0.25) is 4.79 Å². The average molecular weight is 343 g/mol. The monoisotopic (exact) mass is 342 g/mol. The zero-order chi connectivity index (χ0) is 16.9. The van der Waals surface area contributed by atoms with Crippen molar-refractivity contribution < 1.29 is 9.53 Å². The van der Waals surface area contributed by atoms with Crippen LogP contribution in [0.2, 0.25) is 5.02 Å². The zero-order valence-electron chi connectivity index (χ0n) is 12.8. The van der Waals surface area contributed by atoms with Crippen LogP contribution in [0.4, 0.5) is 17.2 Å². The van der Waals surface area contributed by atoms with Gasteiger partial charge in [-0.2, -0.15) is 5.26 Å². The van der Waals surface area contributed by atoms with E-state index in [1.54, 1.807) is 30.3 Å². The molecule has 2 aromatic rings. The second-order valence-electron chi connectivity index (χ2n) is 5.36. The maximum Gasteiger partial charge on any atom is 0.253 e. The number of anilines is 3. The van der Waals surface area contributed by atoms with E-state index in [9.17, 15) is 4.79 Å². The fourth-order valence-corrected chi connectivity index (χ4v) is 2.59. The first-order valence-corrected chi connectivity index (χ1v) is 7.89. The molecule has 7 heteroatoms. The van der Waals surface area contributed by atoms with Crippen molar-refractivity contribution >= 4 is 34.7 Å². The number of rotatable bonds is 4. The van der Waals surface area contributed by atoms with E-state index < -0.39 is 0 Å². The molecule has 6 nitrogen and oxygen atoms in total.